The molecule has 0 radical (unpaired) electrons. The fourth-order valence-corrected chi connectivity index (χ4v) is 3.97. The molecule has 1 aromatic rings. The van der Waals surface area contributed by atoms with Crippen LogP contribution >= 0.6 is 0 Å². The molecular weight excluding hydrogens is 292 g/mol. The minimum Gasteiger partial charge on any atom is -0.393 e. The highest BCUT2D eigenvalue weighted by Crippen LogP contribution is 2.36. The van der Waals surface area contributed by atoms with Gasteiger partial charge in [0, 0.05) is 17.3 Å². The van der Waals surface area contributed by atoms with Crippen LogP contribution in [0.3, 0.4) is 0 Å². The van der Waals surface area contributed by atoms with Crippen molar-refractivity contribution in [3.05, 3.63) is 17.0 Å². The topological polar surface area (TPSA) is 90.0 Å². The van der Waals surface area contributed by atoms with Crippen LogP contribution in [-0.4, -0.2) is 46.4 Å². The molecule has 0 unspecified atom stereocenters. The van der Waals surface area contributed by atoms with Gasteiger partial charge in [-0.1, -0.05) is 6.92 Å². The van der Waals surface area contributed by atoms with Gasteiger partial charge in [-0.25, -0.2) is 0 Å². The summed E-state index contributed by atoms with van der Waals surface area (Å²) in [5, 5.41) is 23.4. The molecule has 1 aromatic heterocycles. The summed E-state index contributed by atoms with van der Waals surface area (Å²) in [7, 11) is 0. The lowest BCUT2D eigenvalue weighted by Crippen LogP contribution is -2.53. The van der Waals surface area contributed by atoms with Crippen molar-refractivity contribution in [2.24, 2.45) is 11.8 Å². The van der Waals surface area contributed by atoms with Crippen LogP contribution in [0, 0.1) is 18.8 Å². The van der Waals surface area contributed by atoms with Gasteiger partial charge in [-0.3, -0.25) is 9.89 Å². The molecule has 0 aromatic carbocycles. The van der Waals surface area contributed by atoms with E-state index in [1.807, 2.05) is 6.92 Å². The fourth-order valence-electron chi connectivity index (χ4n) is 3.97. The lowest BCUT2D eigenvalue weighted by molar-refractivity contribution is 0.00912. The van der Waals surface area contributed by atoms with Gasteiger partial charge < -0.3 is 15.7 Å². The normalized spacial score (nSPS) is 26.6. The van der Waals surface area contributed by atoms with Crippen LogP contribution in [0.1, 0.15) is 54.4 Å². The van der Waals surface area contributed by atoms with E-state index in [-0.39, 0.29) is 18.1 Å². The lowest BCUT2D eigenvalue weighted by Gasteiger charge is -2.43. The van der Waals surface area contributed by atoms with Crippen LogP contribution in [0.15, 0.2) is 0 Å². The Morgan fingerprint density at radius 1 is 1.35 bits per heavy atom. The SMILES string of the molecule is CCc1[nH]nc(C(=O)N[C@@H](C2CCNCC2)C2CC(O)C2)c1C. The van der Waals surface area contributed by atoms with Crippen LogP contribution in [0.4, 0.5) is 0 Å². The van der Waals surface area contributed by atoms with E-state index >= 15 is 0 Å². The van der Waals surface area contributed by atoms with Crippen LogP contribution in [-0.2, 0) is 6.42 Å². The van der Waals surface area contributed by atoms with Crippen molar-refractivity contribution < 1.29 is 9.90 Å². The molecular formula is C17H28N4O2. The van der Waals surface area contributed by atoms with Gasteiger partial charge >= 0.3 is 0 Å². The lowest BCUT2D eigenvalue weighted by atomic mass is 9.71. The molecule has 4 N–H and O–H groups in total. The summed E-state index contributed by atoms with van der Waals surface area (Å²) in [6.07, 6.45) is 4.41. The molecule has 1 atom stereocenters. The molecule has 1 aliphatic carbocycles. The van der Waals surface area contributed by atoms with Gasteiger partial charge in [0.2, 0.25) is 0 Å². The molecule has 128 valence electrons. The van der Waals surface area contributed by atoms with E-state index in [2.05, 4.69) is 27.8 Å². The fraction of sp³-hybridized carbons (Fsp3) is 0.765. The third-order valence-electron chi connectivity index (χ3n) is 5.53. The number of rotatable bonds is 5. The predicted molar refractivity (Wildman–Crippen MR) is 88.3 cm³/mol. The Morgan fingerprint density at radius 2 is 2.04 bits per heavy atom. The van der Waals surface area contributed by atoms with Crippen LogP contribution in [0.25, 0.3) is 0 Å². The second-order valence-corrected chi connectivity index (χ2v) is 7.00. The predicted octanol–water partition coefficient (Wildman–Crippen LogP) is 1.15. The van der Waals surface area contributed by atoms with Crippen molar-refractivity contribution >= 4 is 5.91 Å². The molecule has 1 aliphatic heterocycles. The molecule has 6 nitrogen and oxygen atoms in total. The number of nitrogens with zero attached hydrogens (tertiary/aromatic N) is 1. The van der Waals surface area contributed by atoms with Gasteiger partial charge in [-0.05, 0) is 64.0 Å². The third-order valence-corrected chi connectivity index (χ3v) is 5.53. The molecule has 23 heavy (non-hydrogen) atoms. The summed E-state index contributed by atoms with van der Waals surface area (Å²) >= 11 is 0. The number of carbonyl (C=O) groups excluding carboxylic acids is 1. The molecule has 2 fully saturated rings. The summed E-state index contributed by atoms with van der Waals surface area (Å²) < 4.78 is 0. The Bertz CT molecular complexity index is 545. The number of hydrogen-bond acceptors (Lipinski definition) is 4. The Morgan fingerprint density at radius 3 is 2.61 bits per heavy atom. The standard InChI is InChI=1S/C17H28N4O2/c1-3-14-10(2)15(21-20-14)17(23)19-16(12-8-13(22)9-12)11-4-6-18-7-5-11/h11-13,16,18,22H,3-9H2,1-2H3,(H,19,23)(H,20,21)/t12?,13?,16-/m0/s1. The highest BCUT2D eigenvalue weighted by Gasteiger charge is 2.39. The number of aliphatic hydroxyl groups excluding tert-OH is 1. The van der Waals surface area contributed by atoms with Gasteiger partial charge in [0.25, 0.3) is 5.91 Å². The summed E-state index contributed by atoms with van der Waals surface area (Å²) in [6.45, 7) is 6.01. The Labute approximate surface area is 137 Å². The number of aromatic nitrogens is 2. The summed E-state index contributed by atoms with van der Waals surface area (Å²) in [5.41, 5.74) is 2.48. The summed E-state index contributed by atoms with van der Waals surface area (Å²) in [5.74, 6) is 0.799. The molecule has 3 rings (SSSR count). The van der Waals surface area contributed by atoms with E-state index in [9.17, 15) is 9.90 Å². The van der Waals surface area contributed by atoms with Gasteiger partial charge in [-0.15, -0.1) is 0 Å². The Kier molecular flexibility index (Phi) is 5.02. The summed E-state index contributed by atoms with van der Waals surface area (Å²) in [6, 6.07) is 0.147. The first kappa shape index (κ1) is 16.5. The zero-order valence-corrected chi connectivity index (χ0v) is 14.1. The average Bonchev–Trinajstić information content (AvgIpc) is 2.91. The number of aryl methyl sites for hydroxylation is 1. The maximum absolute atomic E-state index is 12.7. The van der Waals surface area contributed by atoms with Crippen LogP contribution in [0.2, 0.25) is 0 Å². The smallest absolute Gasteiger partial charge is 0.272 e. The molecule has 1 amide bonds. The molecule has 1 saturated carbocycles. The molecule has 2 aliphatic rings. The first-order valence-electron chi connectivity index (χ1n) is 8.83. The summed E-state index contributed by atoms with van der Waals surface area (Å²) in [4.78, 5) is 12.7. The molecule has 6 heteroatoms. The van der Waals surface area contributed by atoms with Crippen molar-refractivity contribution in [2.45, 2.75) is 58.1 Å². The number of nitrogens with one attached hydrogen (secondary N) is 3. The molecule has 0 bridgehead atoms. The van der Waals surface area contributed by atoms with Crippen molar-refractivity contribution in [1.29, 1.82) is 0 Å². The van der Waals surface area contributed by atoms with E-state index in [4.69, 9.17) is 0 Å². The van der Waals surface area contributed by atoms with E-state index in [0.717, 1.165) is 56.5 Å². The van der Waals surface area contributed by atoms with E-state index in [0.29, 0.717) is 17.5 Å². The highest BCUT2D eigenvalue weighted by atomic mass is 16.3. The molecule has 0 spiro atoms. The number of piperidine rings is 1. The average molecular weight is 320 g/mol. The zero-order valence-electron chi connectivity index (χ0n) is 14.1. The first-order valence-corrected chi connectivity index (χ1v) is 8.83. The van der Waals surface area contributed by atoms with Crippen LogP contribution < -0.4 is 10.6 Å². The number of aromatic amines is 1. The minimum absolute atomic E-state index is 0.0802. The maximum Gasteiger partial charge on any atom is 0.272 e. The second-order valence-electron chi connectivity index (χ2n) is 7.00. The Balaban J connectivity index is 1.71. The quantitative estimate of drug-likeness (QED) is 0.655. The molecule has 1 saturated heterocycles. The van der Waals surface area contributed by atoms with E-state index in [1.54, 1.807) is 0 Å². The molecule has 2 heterocycles. The maximum atomic E-state index is 12.7. The zero-order chi connectivity index (χ0) is 16.4. The van der Waals surface area contributed by atoms with Crippen LogP contribution in [0.5, 0.6) is 0 Å². The first-order chi connectivity index (χ1) is 11.1. The van der Waals surface area contributed by atoms with Gasteiger partial charge in [0.1, 0.15) is 0 Å². The Hall–Kier alpha value is -1.40. The largest absolute Gasteiger partial charge is 0.393 e. The minimum atomic E-state index is -0.195. The van der Waals surface area contributed by atoms with Gasteiger partial charge in [0.15, 0.2) is 5.69 Å². The van der Waals surface area contributed by atoms with E-state index in [1.165, 1.54) is 0 Å². The number of hydrogen-bond donors (Lipinski definition) is 4. The number of H-pyrrole nitrogens is 1. The number of amides is 1. The van der Waals surface area contributed by atoms with Gasteiger partial charge in [0.05, 0.1) is 6.10 Å². The van der Waals surface area contributed by atoms with Crippen molar-refractivity contribution in [2.75, 3.05) is 13.1 Å². The third kappa shape index (κ3) is 3.43. The van der Waals surface area contributed by atoms with E-state index < -0.39 is 0 Å². The highest BCUT2D eigenvalue weighted by molar-refractivity contribution is 5.94. The monoisotopic (exact) mass is 320 g/mol. The second kappa shape index (κ2) is 7.01. The number of carbonyl (C=O) groups is 1. The van der Waals surface area contributed by atoms with Gasteiger partial charge in [-0.2, -0.15) is 5.10 Å². The van der Waals surface area contributed by atoms with Crippen molar-refractivity contribution in [3.63, 3.8) is 0 Å². The number of aliphatic hydroxyl groups is 1. The van der Waals surface area contributed by atoms with Crippen molar-refractivity contribution in [1.82, 2.24) is 20.8 Å². The van der Waals surface area contributed by atoms with Crippen molar-refractivity contribution in [3.8, 4) is 0 Å².